The maximum atomic E-state index is 3.61. The molecule has 0 aromatic rings. The van der Waals surface area contributed by atoms with Gasteiger partial charge in [0.2, 0.25) is 0 Å². The first kappa shape index (κ1) is 10.4. The molecule has 14 heavy (non-hydrogen) atoms. The highest BCUT2D eigenvalue weighted by Crippen LogP contribution is 2.27. The monoisotopic (exact) mass is 196 g/mol. The summed E-state index contributed by atoms with van der Waals surface area (Å²) in [4.78, 5) is 2.70. The van der Waals surface area contributed by atoms with Crippen molar-refractivity contribution in [1.29, 1.82) is 0 Å². The highest BCUT2D eigenvalue weighted by molar-refractivity contribution is 4.96. The summed E-state index contributed by atoms with van der Waals surface area (Å²) >= 11 is 0. The Balaban J connectivity index is 1.86. The molecule has 0 saturated carbocycles. The van der Waals surface area contributed by atoms with Crippen molar-refractivity contribution in [3.05, 3.63) is 0 Å². The SMILES string of the molecule is CCC1CCN(C2CNC(C)(C)C2)C1. The van der Waals surface area contributed by atoms with Crippen molar-refractivity contribution in [2.24, 2.45) is 5.92 Å². The molecule has 2 aliphatic rings. The Hall–Kier alpha value is -0.0800. The molecule has 2 nitrogen and oxygen atoms in total. The molecule has 0 spiro atoms. The van der Waals surface area contributed by atoms with Crippen LogP contribution in [-0.2, 0) is 0 Å². The van der Waals surface area contributed by atoms with Gasteiger partial charge in [0.15, 0.2) is 0 Å². The van der Waals surface area contributed by atoms with Crippen molar-refractivity contribution in [2.45, 2.75) is 51.6 Å². The van der Waals surface area contributed by atoms with Crippen molar-refractivity contribution in [3.8, 4) is 0 Å². The number of nitrogens with one attached hydrogen (secondary N) is 1. The minimum Gasteiger partial charge on any atom is -0.310 e. The Bertz CT molecular complexity index is 200. The van der Waals surface area contributed by atoms with Crippen molar-refractivity contribution in [1.82, 2.24) is 10.2 Å². The van der Waals surface area contributed by atoms with Crippen LogP contribution < -0.4 is 5.32 Å². The first-order valence-corrected chi connectivity index (χ1v) is 6.10. The van der Waals surface area contributed by atoms with Gasteiger partial charge in [-0.25, -0.2) is 0 Å². The molecule has 1 N–H and O–H groups in total. The van der Waals surface area contributed by atoms with Crippen molar-refractivity contribution in [3.63, 3.8) is 0 Å². The quantitative estimate of drug-likeness (QED) is 0.725. The molecule has 2 atom stereocenters. The van der Waals surface area contributed by atoms with Crippen LogP contribution in [-0.4, -0.2) is 36.1 Å². The number of likely N-dealkylation sites (tertiary alicyclic amines) is 1. The Labute approximate surface area is 88.1 Å². The smallest absolute Gasteiger partial charge is 0.0238 e. The summed E-state index contributed by atoms with van der Waals surface area (Å²) in [6, 6.07) is 0.807. The van der Waals surface area contributed by atoms with E-state index in [-0.39, 0.29) is 0 Å². The lowest BCUT2D eigenvalue weighted by Gasteiger charge is -2.24. The normalized spacial score (nSPS) is 37.9. The van der Waals surface area contributed by atoms with E-state index in [1.165, 1.54) is 38.9 Å². The molecule has 0 aromatic carbocycles. The fourth-order valence-corrected chi connectivity index (χ4v) is 2.91. The lowest BCUT2D eigenvalue weighted by atomic mass is 10.0. The molecule has 0 radical (unpaired) electrons. The van der Waals surface area contributed by atoms with Gasteiger partial charge in [0.25, 0.3) is 0 Å². The van der Waals surface area contributed by atoms with Gasteiger partial charge >= 0.3 is 0 Å². The van der Waals surface area contributed by atoms with E-state index in [1.54, 1.807) is 0 Å². The Morgan fingerprint density at radius 3 is 2.71 bits per heavy atom. The minimum atomic E-state index is 0.370. The van der Waals surface area contributed by atoms with E-state index in [2.05, 4.69) is 31.0 Å². The van der Waals surface area contributed by atoms with E-state index in [0.29, 0.717) is 5.54 Å². The van der Waals surface area contributed by atoms with Gasteiger partial charge in [-0.1, -0.05) is 13.3 Å². The fourth-order valence-electron chi connectivity index (χ4n) is 2.91. The molecule has 2 unspecified atom stereocenters. The third-order valence-electron chi connectivity index (χ3n) is 3.97. The van der Waals surface area contributed by atoms with Crippen LogP contribution >= 0.6 is 0 Å². The molecular formula is C12H24N2. The van der Waals surface area contributed by atoms with E-state index in [9.17, 15) is 0 Å². The highest BCUT2D eigenvalue weighted by atomic mass is 15.2. The molecule has 2 heteroatoms. The minimum absolute atomic E-state index is 0.370. The zero-order valence-corrected chi connectivity index (χ0v) is 9.84. The van der Waals surface area contributed by atoms with Crippen molar-refractivity contribution < 1.29 is 0 Å². The highest BCUT2D eigenvalue weighted by Gasteiger charge is 2.36. The molecule has 0 bridgehead atoms. The van der Waals surface area contributed by atoms with Gasteiger partial charge in [-0.2, -0.15) is 0 Å². The number of rotatable bonds is 2. The second-order valence-corrected chi connectivity index (χ2v) is 5.68. The molecule has 2 fully saturated rings. The largest absolute Gasteiger partial charge is 0.310 e. The van der Waals surface area contributed by atoms with Gasteiger partial charge in [0.1, 0.15) is 0 Å². The van der Waals surface area contributed by atoms with Gasteiger partial charge in [0, 0.05) is 24.7 Å². The van der Waals surface area contributed by atoms with E-state index in [1.807, 2.05) is 0 Å². The molecule has 0 aromatic heterocycles. The van der Waals surface area contributed by atoms with Gasteiger partial charge in [0.05, 0.1) is 0 Å². The zero-order valence-electron chi connectivity index (χ0n) is 9.84. The molecule has 0 aliphatic carbocycles. The molecule has 2 saturated heterocycles. The van der Waals surface area contributed by atoms with Crippen molar-refractivity contribution >= 4 is 0 Å². The summed E-state index contributed by atoms with van der Waals surface area (Å²) in [6.07, 6.45) is 4.11. The second kappa shape index (κ2) is 3.82. The summed E-state index contributed by atoms with van der Waals surface area (Å²) in [5, 5.41) is 3.61. The Kier molecular flexibility index (Phi) is 2.85. The van der Waals surface area contributed by atoms with Gasteiger partial charge in [-0.3, -0.25) is 4.90 Å². The number of hydrogen-bond acceptors (Lipinski definition) is 2. The van der Waals surface area contributed by atoms with Gasteiger partial charge in [-0.15, -0.1) is 0 Å². The summed E-state index contributed by atoms with van der Waals surface area (Å²) in [5.74, 6) is 0.971. The summed E-state index contributed by atoms with van der Waals surface area (Å²) in [5.41, 5.74) is 0.370. The first-order valence-electron chi connectivity index (χ1n) is 6.10. The predicted octanol–water partition coefficient (Wildman–Crippen LogP) is 1.86. The maximum Gasteiger partial charge on any atom is 0.0238 e. The van der Waals surface area contributed by atoms with E-state index in [0.717, 1.165) is 12.0 Å². The van der Waals surface area contributed by atoms with Crippen molar-refractivity contribution in [2.75, 3.05) is 19.6 Å². The Morgan fingerprint density at radius 2 is 2.21 bits per heavy atom. The van der Waals surface area contributed by atoms with Crippen LogP contribution in [0.4, 0.5) is 0 Å². The standard InChI is InChI=1S/C12H24N2/c1-4-10-5-6-14(9-10)11-7-12(2,3)13-8-11/h10-11,13H,4-9H2,1-3H3. The molecule has 2 rings (SSSR count). The average molecular weight is 196 g/mol. The lowest BCUT2D eigenvalue weighted by Crippen LogP contribution is -2.34. The molecule has 82 valence electrons. The zero-order chi connectivity index (χ0) is 10.2. The Morgan fingerprint density at radius 1 is 1.43 bits per heavy atom. The maximum absolute atomic E-state index is 3.61. The number of hydrogen-bond donors (Lipinski definition) is 1. The van der Waals surface area contributed by atoms with Gasteiger partial charge < -0.3 is 5.32 Å². The van der Waals surface area contributed by atoms with E-state index >= 15 is 0 Å². The summed E-state index contributed by atoms with van der Waals surface area (Å²) < 4.78 is 0. The van der Waals surface area contributed by atoms with E-state index < -0.39 is 0 Å². The third-order valence-corrected chi connectivity index (χ3v) is 3.97. The fraction of sp³-hybridized carbons (Fsp3) is 1.00. The first-order chi connectivity index (χ1) is 6.61. The summed E-state index contributed by atoms with van der Waals surface area (Å²) in [6.45, 7) is 10.8. The molecule has 2 heterocycles. The van der Waals surface area contributed by atoms with Gasteiger partial charge in [-0.05, 0) is 39.2 Å². The average Bonchev–Trinajstić information content (AvgIpc) is 2.70. The second-order valence-electron chi connectivity index (χ2n) is 5.68. The summed E-state index contributed by atoms with van der Waals surface area (Å²) in [7, 11) is 0. The third kappa shape index (κ3) is 2.12. The van der Waals surface area contributed by atoms with Crippen LogP contribution in [0.25, 0.3) is 0 Å². The van der Waals surface area contributed by atoms with E-state index in [4.69, 9.17) is 0 Å². The van der Waals surface area contributed by atoms with Crippen LogP contribution in [0, 0.1) is 5.92 Å². The predicted molar refractivity (Wildman–Crippen MR) is 60.5 cm³/mol. The molecular weight excluding hydrogens is 172 g/mol. The van der Waals surface area contributed by atoms with Crippen LogP contribution in [0.3, 0.4) is 0 Å². The van der Waals surface area contributed by atoms with Crippen LogP contribution in [0.1, 0.15) is 40.0 Å². The topological polar surface area (TPSA) is 15.3 Å². The number of nitrogens with zero attached hydrogens (tertiary/aromatic N) is 1. The van der Waals surface area contributed by atoms with Crippen LogP contribution in [0.2, 0.25) is 0 Å². The molecule has 0 amide bonds. The van der Waals surface area contributed by atoms with Crippen LogP contribution in [0.5, 0.6) is 0 Å². The molecule has 2 aliphatic heterocycles. The lowest BCUT2D eigenvalue weighted by molar-refractivity contribution is 0.239. The van der Waals surface area contributed by atoms with Crippen LogP contribution in [0.15, 0.2) is 0 Å².